The number of para-hydroxylation sites is 1. The number of hydrazone groups is 1. The van der Waals surface area contributed by atoms with Crippen LogP contribution in [0.1, 0.15) is 24.8 Å². The summed E-state index contributed by atoms with van der Waals surface area (Å²) in [6, 6.07) is 16.4. The monoisotopic (exact) mass is 394 g/mol. The third-order valence-corrected chi connectivity index (χ3v) is 4.53. The molecule has 1 aliphatic heterocycles. The number of nitrogens with one attached hydrogen (secondary N) is 2. The molecule has 1 heterocycles. The molecule has 1 fully saturated rings. The second-order valence-corrected chi connectivity index (χ2v) is 6.90. The maximum atomic E-state index is 11.9. The van der Waals surface area contributed by atoms with Crippen molar-refractivity contribution in [2.75, 3.05) is 31.6 Å². The van der Waals surface area contributed by atoms with Gasteiger partial charge in [0.1, 0.15) is 5.75 Å². The first-order valence-electron chi connectivity index (χ1n) is 9.81. The standard InChI is InChI=1S/C22H26N4O3/c27-21(16-26-13-5-2-6-14-26)25-23-15-18-9-11-20(12-10-18)29-17-22(28)24-19-7-3-1-4-8-19/h1,3-4,7-12,15H,2,5-6,13-14,16-17H2,(H,24,28)(H,25,27)/b23-15+. The molecular formula is C22H26N4O3. The predicted octanol–water partition coefficient (Wildman–Crippen LogP) is 2.64. The molecule has 0 aliphatic carbocycles. The van der Waals surface area contributed by atoms with Gasteiger partial charge in [0.05, 0.1) is 12.8 Å². The highest BCUT2D eigenvalue weighted by molar-refractivity contribution is 5.91. The predicted molar refractivity (Wildman–Crippen MR) is 113 cm³/mol. The van der Waals surface area contributed by atoms with Crippen molar-refractivity contribution in [3.63, 3.8) is 0 Å². The Balaban J connectivity index is 1.38. The summed E-state index contributed by atoms with van der Waals surface area (Å²) in [5.41, 5.74) is 4.12. The number of amides is 2. The second-order valence-electron chi connectivity index (χ2n) is 6.90. The van der Waals surface area contributed by atoms with E-state index in [-0.39, 0.29) is 18.4 Å². The van der Waals surface area contributed by atoms with E-state index < -0.39 is 0 Å². The van der Waals surface area contributed by atoms with Crippen LogP contribution in [-0.2, 0) is 9.59 Å². The zero-order valence-corrected chi connectivity index (χ0v) is 16.3. The lowest BCUT2D eigenvalue weighted by atomic mass is 10.1. The lowest BCUT2D eigenvalue weighted by Crippen LogP contribution is -2.38. The molecule has 3 rings (SSSR count). The molecule has 0 atom stereocenters. The molecule has 0 saturated carbocycles. The van der Waals surface area contributed by atoms with Crippen molar-refractivity contribution < 1.29 is 14.3 Å². The van der Waals surface area contributed by atoms with Crippen LogP contribution < -0.4 is 15.5 Å². The van der Waals surface area contributed by atoms with Gasteiger partial charge in [-0.2, -0.15) is 5.10 Å². The molecule has 0 bridgehead atoms. The Morgan fingerprint density at radius 3 is 2.41 bits per heavy atom. The minimum Gasteiger partial charge on any atom is -0.484 e. The fourth-order valence-corrected chi connectivity index (χ4v) is 3.05. The van der Waals surface area contributed by atoms with Crippen LogP contribution >= 0.6 is 0 Å². The van der Waals surface area contributed by atoms with Gasteiger partial charge < -0.3 is 10.1 Å². The van der Waals surface area contributed by atoms with Gasteiger partial charge in [-0.1, -0.05) is 24.6 Å². The molecule has 1 aliphatic rings. The first-order valence-corrected chi connectivity index (χ1v) is 9.81. The molecule has 7 nitrogen and oxygen atoms in total. The minimum absolute atomic E-state index is 0.0745. The fraction of sp³-hybridized carbons (Fsp3) is 0.318. The summed E-state index contributed by atoms with van der Waals surface area (Å²) in [5.74, 6) is 0.255. The number of likely N-dealkylation sites (tertiary alicyclic amines) is 1. The summed E-state index contributed by atoms with van der Waals surface area (Å²) in [5, 5.41) is 6.76. The van der Waals surface area contributed by atoms with Gasteiger partial charge in [-0.3, -0.25) is 14.5 Å². The van der Waals surface area contributed by atoms with Crippen molar-refractivity contribution in [2.45, 2.75) is 19.3 Å². The van der Waals surface area contributed by atoms with Crippen molar-refractivity contribution in [3.8, 4) is 5.75 Å². The summed E-state index contributed by atoms with van der Waals surface area (Å²) in [7, 11) is 0. The molecule has 0 spiro atoms. The fourth-order valence-electron chi connectivity index (χ4n) is 3.05. The van der Waals surface area contributed by atoms with E-state index in [1.165, 1.54) is 6.42 Å². The van der Waals surface area contributed by atoms with Crippen molar-refractivity contribution in [1.29, 1.82) is 0 Å². The number of benzene rings is 2. The van der Waals surface area contributed by atoms with Gasteiger partial charge in [0, 0.05) is 5.69 Å². The zero-order chi connectivity index (χ0) is 20.3. The maximum Gasteiger partial charge on any atom is 0.262 e. The van der Waals surface area contributed by atoms with Gasteiger partial charge in [-0.05, 0) is 67.9 Å². The lowest BCUT2D eigenvalue weighted by molar-refractivity contribution is -0.122. The number of ether oxygens (including phenoxy) is 1. The Kier molecular flexibility index (Phi) is 7.77. The van der Waals surface area contributed by atoms with Crippen LogP contribution in [0.25, 0.3) is 0 Å². The van der Waals surface area contributed by atoms with Gasteiger partial charge in [-0.25, -0.2) is 5.43 Å². The minimum atomic E-state index is -0.224. The number of hydrogen-bond acceptors (Lipinski definition) is 5. The summed E-state index contributed by atoms with van der Waals surface area (Å²) < 4.78 is 5.49. The van der Waals surface area contributed by atoms with Crippen LogP contribution in [0.4, 0.5) is 5.69 Å². The Labute approximate surface area is 170 Å². The average Bonchev–Trinajstić information content (AvgIpc) is 2.75. The van der Waals surface area contributed by atoms with Crippen molar-refractivity contribution >= 4 is 23.7 Å². The van der Waals surface area contributed by atoms with Gasteiger partial charge in [0.2, 0.25) is 0 Å². The molecule has 29 heavy (non-hydrogen) atoms. The molecule has 7 heteroatoms. The highest BCUT2D eigenvalue weighted by Gasteiger charge is 2.13. The quantitative estimate of drug-likeness (QED) is 0.533. The van der Waals surface area contributed by atoms with E-state index in [2.05, 4.69) is 20.7 Å². The number of carbonyl (C=O) groups excluding carboxylic acids is 2. The molecule has 2 N–H and O–H groups in total. The molecule has 152 valence electrons. The van der Waals surface area contributed by atoms with Crippen molar-refractivity contribution in [2.24, 2.45) is 5.10 Å². The number of carbonyl (C=O) groups is 2. The van der Waals surface area contributed by atoms with Crippen LogP contribution in [0.5, 0.6) is 5.75 Å². The number of rotatable bonds is 8. The van der Waals surface area contributed by atoms with E-state index in [0.29, 0.717) is 12.3 Å². The summed E-state index contributed by atoms with van der Waals surface area (Å²) in [6.45, 7) is 2.26. The van der Waals surface area contributed by atoms with Gasteiger partial charge in [0.15, 0.2) is 6.61 Å². The van der Waals surface area contributed by atoms with Crippen LogP contribution in [0.3, 0.4) is 0 Å². The van der Waals surface area contributed by atoms with E-state index in [1.54, 1.807) is 18.3 Å². The van der Waals surface area contributed by atoms with E-state index in [9.17, 15) is 9.59 Å². The maximum absolute atomic E-state index is 11.9. The molecule has 2 aromatic carbocycles. The molecule has 2 aromatic rings. The largest absolute Gasteiger partial charge is 0.484 e. The summed E-state index contributed by atoms with van der Waals surface area (Å²) in [4.78, 5) is 26.0. The van der Waals surface area contributed by atoms with Crippen LogP contribution in [0.2, 0.25) is 0 Å². The van der Waals surface area contributed by atoms with Gasteiger partial charge >= 0.3 is 0 Å². The third kappa shape index (κ3) is 7.38. The average molecular weight is 394 g/mol. The van der Waals surface area contributed by atoms with Gasteiger partial charge in [0.25, 0.3) is 11.8 Å². The molecule has 0 aromatic heterocycles. The summed E-state index contributed by atoms with van der Waals surface area (Å²) >= 11 is 0. The first-order chi connectivity index (χ1) is 14.2. The SMILES string of the molecule is O=C(CN1CCCCC1)N/N=C/c1ccc(OCC(=O)Nc2ccccc2)cc1. The van der Waals surface area contributed by atoms with E-state index in [1.807, 2.05) is 42.5 Å². The first kappa shape index (κ1) is 20.5. The Hall–Kier alpha value is -3.19. The highest BCUT2D eigenvalue weighted by atomic mass is 16.5. The van der Waals surface area contributed by atoms with E-state index in [4.69, 9.17) is 4.74 Å². The number of hydrogen-bond donors (Lipinski definition) is 2. The normalized spacial score (nSPS) is 14.5. The van der Waals surface area contributed by atoms with Crippen LogP contribution in [0, 0.1) is 0 Å². The van der Waals surface area contributed by atoms with E-state index in [0.717, 1.165) is 37.2 Å². The van der Waals surface area contributed by atoms with Crippen LogP contribution in [0.15, 0.2) is 59.7 Å². The smallest absolute Gasteiger partial charge is 0.262 e. The Bertz CT molecular complexity index is 816. The third-order valence-electron chi connectivity index (χ3n) is 4.53. The van der Waals surface area contributed by atoms with Crippen molar-refractivity contribution in [1.82, 2.24) is 10.3 Å². The molecule has 2 amide bonds. The van der Waals surface area contributed by atoms with E-state index >= 15 is 0 Å². The Morgan fingerprint density at radius 2 is 1.69 bits per heavy atom. The van der Waals surface area contributed by atoms with Gasteiger partial charge in [-0.15, -0.1) is 0 Å². The summed E-state index contributed by atoms with van der Waals surface area (Å²) in [6.07, 6.45) is 5.13. The highest BCUT2D eigenvalue weighted by Crippen LogP contribution is 2.12. The number of nitrogens with zero attached hydrogens (tertiary/aromatic N) is 2. The second kappa shape index (κ2) is 11.0. The molecule has 0 unspecified atom stereocenters. The molecular weight excluding hydrogens is 368 g/mol. The topological polar surface area (TPSA) is 83.0 Å². The van der Waals surface area contributed by atoms with Crippen LogP contribution in [-0.4, -0.2) is 49.2 Å². The Morgan fingerprint density at radius 1 is 0.966 bits per heavy atom. The lowest BCUT2D eigenvalue weighted by Gasteiger charge is -2.25. The number of anilines is 1. The number of piperidine rings is 1. The molecule has 1 saturated heterocycles. The van der Waals surface area contributed by atoms with Crippen molar-refractivity contribution in [3.05, 3.63) is 60.2 Å². The zero-order valence-electron chi connectivity index (χ0n) is 16.3. The molecule has 0 radical (unpaired) electrons.